The Hall–Kier alpha value is -0.391. The van der Waals surface area contributed by atoms with Crippen molar-refractivity contribution in [1.29, 1.82) is 0 Å². The van der Waals surface area contributed by atoms with Gasteiger partial charge >= 0.3 is 86.1 Å². The predicted molar refractivity (Wildman–Crippen MR) is 53.8 cm³/mol. The fraction of sp³-hybridized carbons (Fsp3) is 0.444. The number of halogens is 2. The summed E-state index contributed by atoms with van der Waals surface area (Å²) in [6.45, 7) is -2.76. The van der Waals surface area contributed by atoms with Crippen molar-refractivity contribution in [3.8, 4) is 5.75 Å². The number of alkyl halides is 2. The molecule has 14 heavy (non-hydrogen) atoms. The number of hydrogen-bond acceptors (Lipinski definition) is 2. The maximum absolute atomic E-state index is 11.9. The minimum absolute atomic E-state index is 0.205. The monoisotopic (exact) mass is 309 g/mol. The Kier molecular flexibility index (Phi) is 3.69. The van der Waals surface area contributed by atoms with Crippen LogP contribution in [0.25, 0.3) is 0 Å². The van der Waals surface area contributed by atoms with Gasteiger partial charge in [-0.25, -0.2) is 0 Å². The fourth-order valence-corrected chi connectivity index (χ4v) is 3.96. The molecule has 1 heterocycles. The molecular weight excluding hydrogens is 295 g/mol. The quantitative estimate of drug-likeness (QED) is 0.799. The Morgan fingerprint density at radius 2 is 2.00 bits per heavy atom. The molecule has 0 spiro atoms. The van der Waals surface area contributed by atoms with Gasteiger partial charge in [0.05, 0.1) is 0 Å². The van der Waals surface area contributed by atoms with Gasteiger partial charge in [-0.15, -0.1) is 0 Å². The molecule has 0 saturated heterocycles. The van der Waals surface area contributed by atoms with Crippen molar-refractivity contribution in [1.82, 2.24) is 4.98 Å². The maximum atomic E-state index is 11.9. The van der Waals surface area contributed by atoms with E-state index in [-0.39, 0.29) is 5.75 Å². The third-order valence-corrected chi connectivity index (χ3v) is 6.89. The second-order valence-corrected chi connectivity index (χ2v) is 18.3. The molecule has 0 aromatic carbocycles. The Labute approximate surface area is 86.2 Å². The molecule has 0 aliphatic heterocycles. The van der Waals surface area contributed by atoms with Crippen LogP contribution in [0.1, 0.15) is 0 Å². The summed E-state index contributed by atoms with van der Waals surface area (Å²) in [5, 5.41) is 0. The molecule has 0 aliphatic carbocycles. The molecule has 0 unspecified atom stereocenters. The molecular formula is C9H13F2NOSn. The van der Waals surface area contributed by atoms with Crippen LogP contribution in [-0.2, 0) is 0 Å². The zero-order chi connectivity index (χ0) is 10.8. The van der Waals surface area contributed by atoms with E-state index in [2.05, 4.69) is 24.5 Å². The average Bonchev–Trinajstić information content (AvgIpc) is 2.01. The van der Waals surface area contributed by atoms with Gasteiger partial charge < -0.3 is 0 Å². The molecule has 0 amide bonds. The molecule has 0 fully saturated rings. The molecule has 2 nitrogen and oxygen atoms in total. The van der Waals surface area contributed by atoms with Gasteiger partial charge in [-0.1, -0.05) is 0 Å². The summed E-state index contributed by atoms with van der Waals surface area (Å²) in [6, 6.07) is 3.08. The molecule has 1 rings (SSSR count). The third kappa shape index (κ3) is 3.40. The van der Waals surface area contributed by atoms with Gasteiger partial charge in [-0.05, 0) is 0 Å². The van der Waals surface area contributed by atoms with E-state index in [4.69, 9.17) is 0 Å². The standard InChI is InChI=1S/C6H4F2NO.3CH3.Sn/c7-6(8)10-5-1-3-9-4-2-5;;;;/h1-3,6H;3*1H3;. The molecule has 0 radical (unpaired) electrons. The van der Waals surface area contributed by atoms with E-state index in [1.807, 2.05) is 0 Å². The normalized spacial score (nSPS) is 11.9. The summed E-state index contributed by atoms with van der Waals surface area (Å²) in [7, 11) is 0. The first kappa shape index (κ1) is 11.7. The summed E-state index contributed by atoms with van der Waals surface area (Å²) in [4.78, 5) is 10.7. The van der Waals surface area contributed by atoms with Crippen LogP contribution in [0.5, 0.6) is 5.75 Å². The molecule has 0 N–H and O–H groups in total. The Morgan fingerprint density at radius 1 is 1.36 bits per heavy atom. The first-order chi connectivity index (χ1) is 6.39. The van der Waals surface area contributed by atoms with Gasteiger partial charge in [0.15, 0.2) is 0 Å². The minimum atomic E-state index is -2.76. The van der Waals surface area contributed by atoms with Crippen molar-refractivity contribution in [2.75, 3.05) is 0 Å². The van der Waals surface area contributed by atoms with Gasteiger partial charge in [0, 0.05) is 0 Å². The summed E-state index contributed by atoms with van der Waals surface area (Å²) < 4.78 is 29.1. The van der Waals surface area contributed by atoms with E-state index in [0.29, 0.717) is 0 Å². The van der Waals surface area contributed by atoms with E-state index < -0.39 is 25.0 Å². The molecule has 1 aromatic rings. The molecule has 78 valence electrons. The second kappa shape index (κ2) is 4.42. The number of nitrogens with zero attached hydrogens (tertiary/aromatic N) is 1. The number of rotatable bonds is 3. The zero-order valence-electron chi connectivity index (χ0n) is 8.42. The van der Waals surface area contributed by atoms with E-state index in [9.17, 15) is 8.78 Å². The Morgan fingerprint density at radius 3 is 2.50 bits per heavy atom. The van der Waals surface area contributed by atoms with Crippen LogP contribution in [0.15, 0.2) is 18.3 Å². The van der Waals surface area contributed by atoms with Gasteiger partial charge in [0.25, 0.3) is 0 Å². The van der Waals surface area contributed by atoms with Crippen LogP contribution in [0.3, 0.4) is 0 Å². The first-order valence-electron chi connectivity index (χ1n) is 4.31. The summed E-state index contributed by atoms with van der Waals surface area (Å²) in [5.74, 6) is 0.205. The van der Waals surface area contributed by atoms with Crippen LogP contribution in [0, 0.1) is 0 Å². The third-order valence-electron chi connectivity index (χ3n) is 1.72. The Bertz CT molecular complexity index is 312. The number of ether oxygens (including phenoxy) is 1. The van der Waals surface area contributed by atoms with Gasteiger partial charge in [0.1, 0.15) is 0 Å². The van der Waals surface area contributed by atoms with Gasteiger partial charge in [-0.3, -0.25) is 0 Å². The van der Waals surface area contributed by atoms with Crippen LogP contribution < -0.4 is 8.45 Å². The topological polar surface area (TPSA) is 22.1 Å². The van der Waals surface area contributed by atoms with Crippen LogP contribution in [0.4, 0.5) is 8.78 Å². The van der Waals surface area contributed by atoms with Crippen molar-refractivity contribution < 1.29 is 13.5 Å². The first-order valence-corrected chi connectivity index (χ1v) is 14.3. The molecule has 1 aromatic heterocycles. The van der Waals surface area contributed by atoms with Crippen LogP contribution in [0.2, 0.25) is 14.8 Å². The van der Waals surface area contributed by atoms with E-state index >= 15 is 0 Å². The summed E-state index contributed by atoms with van der Waals surface area (Å²) in [5.41, 5.74) is 0. The van der Waals surface area contributed by atoms with Crippen molar-refractivity contribution in [3.63, 3.8) is 0 Å². The molecule has 0 saturated carbocycles. The molecule has 5 heteroatoms. The molecule has 0 aliphatic rings. The van der Waals surface area contributed by atoms with Gasteiger partial charge in [-0.2, -0.15) is 0 Å². The fourth-order valence-electron chi connectivity index (χ4n) is 0.997. The van der Waals surface area contributed by atoms with E-state index in [0.717, 1.165) is 3.71 Å². The van der Waals surface area contributed by atoms with Crippen LogP contribution >= 0.6 is 0 Å². The van der Waals surface area contributed by atoms with Crippen molar-refractivity contribution in [2.45, 2.75) is 21.4 Å². The average molecular weight is 308 g/mol. The summed E-state index contributed by atoms with van der Waals surface area (Å²) in [6.07, 6.45) is 1.52. The predicted octanol–water partition coefficient (Wildman–Crippen LogP) is 2.23. The van der Waals surface area contributed by atoms with Crippen molar-refractivity contribution in [2.24, 2.45) is 0 Å². The number of pyridine rings is 1. The van der Waals surface area contributed by atoms with Crippen LogP contribution in [-0.4, -0.2) is 30.0 Å². The van der Waals surface area contributed by atoms with Gasteiger partial charge in [0.2, 0.25) is 0 Å². The van der Waals surface area contributed by atoms with Crippen molar-refractivity contribution in [3.05, 3.63) is 18.3 Å². The van der Waals surface area contributed by atoms with E-state index in [1.54, 1.807) is 6.07 Å². The Balaban J connectivity index is 2.90. The second-order valence-electron chi connectivity index (χ2n) is 4.01. The zero-order valence-corrected chi connectivity index (χ0v) is 11.3. The number of aromatic nitrogens is 1. The van der Waals surface area contributed by atoms with Crippen molar-refractivity contribution >= 4 is 22.1 Å². The number of hydrogen-bond donors (Lipinski definition) is 0. The summed E-state index contributed by atoms with van der Waals surface area (Å²) >= 11 is -2.26. The SMILES string of the molecule is [CH3][Sn]([CH3])([CH3])[c]1cc(OC(F)F)ccn1. The van der Waals surface area contributed by atoms with E-state index in [1.165, 1.54) is 12.3 Å². The molecule has 0 bridgehead atoms. The molecule has 0 atom stereocenters.